The van der Waals surface area contributed by atoms with Crippen LogP contribution in [0.15, 0.2) is 0 Å². The summed E-state index contributed by atoms with van der Waals surface area (Å²) in [5.74, 6) is 1.06. The van der Waals surface area contributed by atoms with Crippen LogP contribution in [0.25, 0.3) is 0 Å². The fourth-order valence-electron chi connectivity index (χ4n) is 2.00. The first-order valence-electron chi connectivity index (χ1n) is 5.34. The second kappa shape index (κ2) is 3.75. The minimum absolute atomic E-state index is 0.762. The first-order chi connectivity index (χ1) is 5.88. The highest BCUT2D eigenvalue weighted by Gasteiger charge is 2.26. The number of rotatable bonds is 3. The molecule has 0 bridgehead atoms. The van der Waals surface area contributed by atoms with E-state index in [2.05, 4.69) is 17.1 Å². The topological polar surface area (TPSA) is 15.3 Å². The maximum Gasteiger partial charge on any atom is 0.0192 e. The average molecular weight is 168 g/mol. The molecule has 1 saturated heterocycles. The Hall–Kier alpha value is -0.0800. The molecular weight excluding hydrogens is 148 g/mol. The highest BCUT2D eigenvalue weighted by Crippen LogP contribution is 2.29. The van der Waals surface area contributed by atoms with Crippen LogP contribution in [-0.4, -0.2) is 37.1 Å². The monoisotopic (exact) mass is 168 g/mol. The summed E-state index contributed by atoms with van der Waals surface area (Å²) in [6.07, 6.45) is 4.25. The Bertz CT molecular complexity index is 143. The van der Waals surface area contributed by atoms with Crippen LogP contribution in [0.3, 0.4) is 0 Å². The SMILES string of the molecule is CCC1CN(CC2CC2)CCN1. The standard InChI is InChI=1S/C10H20N2/c1-2-10-8-12(6-5-11-10)7-9-3-4-9/h9-11H,2-8H2,1H3. The molecule has 0 spiro atoms. The van der Waals surface area contributed by atoms with Crippen molar-refractivity contribution in [2.75, 3.05) is 26.2 Å². The largest absolute Gasteiger partial charge is 0.311 e. The second-order valence-corrected chi connectivity index (χ2v) is 4.26. The van der Waals surface area contributed by atoms with Crippen LogP contribution >= 0.6 is 0 Å². The molecular formula is C10H20N2. The van der Waals surface area contributed by atoms with Crippen molar-refractivity contribution < 1.29 is 0 Å². The Morgan fingerprint density at radius 3 is 2.92 bits per heavy atom. The van der Waals surface area contributed by atoms with Gasteiger partial charge in [0.2, 0.25) is 0 Å². The summed E-state index contributed by atoms with van der Waals surface area (Å²) in [5.41, 5.74) is 0. The molecule has 1 saturated carbocycles. The molecule has 70 valence electrons. The van der Waals surface area contributed by atoms with Gasteiger partial charge in [0.05, 0.1) is 0 Å². The lowest BCUT2D eigenvalue weighted by Gasteiger charge is -2.33. The van der Waals surface area contributed by atoms with Crippen molar-refractivity contribution in [3.05, 3.63) is 0 Å². The molecule has 0 aromatic carbocycles. The van der Waals surface area contributed by atoms with E-state index in [1.807, 2.05) is 0 Å². The van der Waals surface area contributed by atoms with Crippen LogP contribution < -0.4 is 5.32 Å². The highest BCUT2D eigenvalue weighted by molar-refractivity contribution is 4.82. The van der Waals surface area contributed by atoms with E-state index in [9.17, 15) is 0 Å². The van der Waals surface area contributed by atoms with Crippen molar-refractivity contribution in [2.45, 2.75) is 32.2 Å². The molecule has 0 amide bonds. The lowest BCUT2D eigenvalue weighted by Crippen LogP contribution is -2.50. The van der Waals surface area contributed by atoms with Gasteiger partial charge >= 0.3 is 0 Å². The molecule has 2 fully saturated rings. The van der Waals surface area contributed by atoms with Crippen molar-refractivity contribution >= 4 is 0 Å². The van der Waals surface area contributed by atoms with E-state index < -0.39 is 0 Å². The van der Waals surface area contributed by atoms with Crippen LogP contribution in [0.2, 0.25) is 0 Å². The lowest BCUT2D eigenvalue weighted by molar-refractivity contribution is 0.190. The predicted octanol–water partition coefficient (Wildman–Crippen LogP) is 1.08. The molecule has 2 heteroatoms. The highest BCUT2D eigenvalue weighted by atomic mass is 15.2. The van der Waals surface area contributed by atoms with Gasteiger partial charge in [0.1, 0.15) is 0 Å². The van der Waals surface area contributed by atoms with E-state index in [1.54, 1.807) is 0 Å². The Kier molecular flexibility index (Phi) is 2.66. The minimum atomic E-state index is 0.762. The molecule has 1 aliphatic heterocycles. The third-order valence-corrected chi connectivity index (χ3v) is 3.05. The van der Waals surface area contributed by atoms with Gasteiger partial charge in [-0.25, -0.2) is 0 Å². The summed E-state index contributed by atoms with van der Waals surface area (Å²) in [4.78, 5) is 2.64. The van der Waals surface area contributed by atoms with E-state index in [-0.39, 0.29) is 0 Å². The summed E-state index contributed by atoms with van der Waals surface area (Å²) in [6.45, 7) is 7.40. The quantitative estimate of drug-likeness (QED) is 0.678. The fraction of sp³-hybridized carbons (Fsp3) is 1.00. The van der Waals surface area contributed by atoms with Gasteiger partial charge in [-0.05, 0) is 25.2 Å². The number of hydrogen-bond acceptors (Lipinski definition) is 2. The van der Waals surface area contributed by atoms with Gasteiger partial charge in [0.25, 0.3) is 0 Å². The zero-order valence-electron chi connectivity index (χ0n) is 8.05. The zero-order chi connectivity index (χ0) is 8.39. The van der Waals surface area contributed by atoms with Crippen molar-refractivity contribution in [2.24, 2.45) is 5.92 Å². The lowest BCUT2D eigenvalue weighted by atomic mass is 10.1. The fourth-order valence-corrected chi connectivity index (χ4v) is 2.00. The molecule has 2 rings (SSSR count). The van der Waals surface area contributed by atoms with Gasteiger partial charge in [-0.2, -0.15) is 0 Å². The summed E-state index contributed by atoms with van der Waals surface area (Å²) in [7, 11) is 0. The molecule has 1 N–H and O–H groups in total. The molecule has 1 atom stereocenters. The van der Waals surface area contributed by atoms with E-state index in [1.165, 1.54) is 45.4 Å². The molecule has 1 unspecified atom stereocenters. The first kappa shape index (κ1) is 8.52. The van der Waals surface area contributed by atoms with Crippen molar-refractivity contribution in [3.63, 3.8) is 0 Å². The van der Waals surface area contributed by atoms with E-state index in [0.29, 0.717) is 0 Å². The van der Waals surface area contributed by atoms with Crippen LogP contribution in [0, 0.1) is 5.92 Å². The molecule has 1 heterocycles. The van der Waals surface area contributed by atoms with Gasteiger partial charge in [-0.1, -0.05) is 6.92 Å². The van der Waals surface area contributed by atoms with Crippen molar-refractivity contribution in [1.82, 2.24) is 10.2 Å². The normalized spacial score (nSPS) is 32.2. The van der Waals surface area contributed by atoms with E-state index in [0.717, 1.165) is 12.0 Å². The Labute approximate surface area is 75.3 Å². The maximum atomic E-state index is 3.55. The van der Waals surface area contributed by atoms with Gasteiger partial charge in [0.15, 0.2) is 0 Å². The number of hydrogen-bond donors (Lipinski definition) is 1. The number of nitrogens with one attached hydrogen (secondary N) is 1. The minimum Gasteiger partial charge on any atom is -0.311 e. The molecule has 0 radical (unpaired) electrons. The van der Waals surface area contributed by atoms with Crippen molar-refractivity contribution in [1.29, 1.82) is 0 Å². The van der Waals surface area contributed by atoms with Gasteiger partial charge < -0.3 is 10.2 Å². The average Bonchev–Trinajstić information content (AvgIpc) is 2.89. The van der Waals surface area contributed by atoms with Crippen LogP contribution in [0.5, 0.6) is 0 Å². The third-order valence-electron chi connectivity index (χ3n) is 3.05. The molecule has 12 heavy (non-hydrogen) atoms. The van der Waals surface area contributed by atoms with Gasteiger partial charge in [-0.15, -0.1) is 0 Å². The Morgan fingerprint density at radius 1 is 1.42 bits per heavy atom. The number of nitrogens with zero attached hydrogens (tertiary/aromatic N) is 1. The third kappa shape index (κ3) is 2.20. The molecule has 2 aliphatic rings. The number of piperazine rings is 1. The Morgan fingerprint density at radius 2 is 2.25 bits per heavy atom. The smallest absolute Gasteiger partial charge is 0.0192 e. The first-order valence-corrected chi connectivity index (χ1v) is 5.34. The molecule has 0 aromatic rings. The summed E-state index contributed by atoms with van der Waals surface area (Å²) in [5, 5.41) is 3.55. The maximum absolute atomic E-state index is 3.55. The van der Waals surface area contributed by atoms with Crippen LogP contribution in [0.1, 0.15) is 26.2 Å². The van der Waals surface area contributed by atoms with E-state index in [4.69, 9.17) is 0 Å². The van der Waals surface area contributed by atoms with E-state index >= 15 is 0 Å². The second-order valence-electron chi connectivity index (χ2n) is 4.26. The zero-order valence-corrected chi connectivity index (χ0v) is 8.05. The predicted molar refractivity (Wildman–Crippen MR) is 51.2 cm³/mol. The molecule has 1 aliphatic carbocycles. The van der Waals surface area contributed by atoms with Crippen molar-refractivity contribution in [3.8, 4) is 0 Å². The van der Waals surface area contributed by atoms with Crippen LogP contribution in [0.4, 0.5) is 0 Å². The summed E-state index contributed by atoms with van der Waals surface area (Å²) >= 11 is 0. The molecule has 2 nitrogen and oxygen atoms in total. The van der Waals surface area contributed by atoms with Gasteiger partial charge in [-0.3, -0.25) is 0 Å². The summed E-state index contributed by atoms with van der Waals surface area (Å²) < 4.78 is 0. The van der Waals surface area contributed by atoms with Crippen LogP contribution in [-0.2, 0) is 0 Å². The Balaban J connectivity index is 1.73. The molecule has 0 aromatic heterocycles. The van der Waals surface area contributed by atoms with Gasteiger partial charge in [0, 0.05) is 32.2 Å². The summed E-state index contributed by atoms with van der Waals surface area (Å²) in [6, 6.07) is 0.762.